The van der Waals surface area contributed by atoms with Crippen LogP contribution in [-0.2, 0) is 0 Å². The fourth-order valence-corrected chi connectivity index (χ4v) is 1.81. The Labute approximate surface area is 56.0 Å². The van der Waals surface area contributed by atoms with E-state index in [1.807, 2.05) is 0 Å². The van der Waals surface area contributed by atoms with Gasteiger partial charge in [-0.1, -0.05) is 0 Å². The molecule has 2 N–H and O–H groups in total. The maximum atomic E-state index is 3.35. The third-order valence-electron chi connectivity index (χ3n) is 2.44. The van der Waals surface area contributed by atoms with Crippen LogP contribution in [0.25, 0.3) is 0 Å². The maximum absolute atomic E-state index is 3.35. The molecular formula is C7H13N2. The van der Waals surface area contributed by atoms with Crippen LogP contribution in [0.3, 0.4) is 0 Å². The van der Waals surface area contributed by atoms with E-state index >= 15 is 0 Å². The molecule has 1 spiro atoms. The van der Waals surface area contributed by atoms with Gasteiger partial charge in [-0.25, -0.2) is 0 Å². The number of rotatable bonds is 0. The van der Waals surface area contributed by atoms with Crippen molar-refractivity contribution in [2.24, 2.45) is 0 Å². The Hall–Kier alpha value is -0.0800. The average molecular weight is 125 g/mol. The minimum atomic E-state index is 0.472. The average Bonchev–Trinajstić information content (AvgIpc) is 2.45. The van der Waals surface area contributed by atoms with Gasteiger partial charge < -0.3 is 0 Å². The molecule has 1 aliphatic carbocycles. The van der Waals surface area contributed by atoms with Gasteiger partial charge in [0, 0.05) is 12.1 Å². The van der Waals surface area contributed by atoms with Gasteiger partial charge >= 0.3 is 0 Å². The van der Waals surface area contributed by atoms with Crippen LogP contribution in [0.1, 0.15) is 25.7 Å². The summed E-state index contributed by atoms with van der Waals surface area (Å²) in [6.07, 6.45) is 7.60. The zero-order valence-corrected chi connectivity index (χ0v) is 5.61. The minimum Gasteiger partial charge on any atom is -0.257 e. The van der Waals surface area contributed by atoms with Crippen molar-refractivity contribution in [2.75, 3.05) is 6.54 Å². The topological polar surface area (TPSA) is 24.1 Å². The molecule has 1 saturated carbocycles. The smallest absolute Gasteiger partial charge is 0.0339 e. The molecule has 2 fully saturated rings. The van der Waals surface area contributed by atoms with Crippen molar-refractivity contribution in [3.05, 3.63) is 6.42 Å². The largest absolute Gasteiger partial charge is 0.257 e. The van der Waals surface area contributed by atoms with Crippen LogP contribution in [0.4, 0.5) is 0 Å². The van der Waals surface area contributed by atoms with Crippen LogP contribution in [0.5, 0.6) is 0 Å². The lowest BCUT2D eigenvalue weighted by Gasteiger charge is -2.20. The molecule has 0 amide bonds. The molecule has 2 rings (SSSR count). The predicted octanol–water partition coefficient (Wildman–Crippen LogP) is 0.611. The molecule has 0 aromatic rings. The zero-order chi connectivity index (χ0) is 6.16. The van der Waals surface area contributed by atoms with Crippen LogP contribution in [-0.4, -0.2) is 12.1 Å². The van der Waals surface area contributed by atoms with E-state index in [-0.39, 0.29) is 0 Å². The number of hydrogen-bond acceptors (Lipinski definition) is 2. The standard InChI is InChI=1S/C7H13N2/c1-2-4-7(3-1)5-6-8-9-7/h1,8-9H,2-6H2. The summed E-state index contributed by atoms with van der Waals surface area (Å²) in [6.45, 7) is 1.15. The molecule has 2 heteroatoms. The van der Waals surface area contributed by atoms with Gasteiger partial charge in [0.05, 0.1) is 0 Å². The quantitative estimate of drug-likeness (QED) is 0.495. The molecule has 0 aromatic heterocycles. The Morgan fingerprint density at radius 2 is 2.33 bits per heavy atom. The molecule has 2 nitrogen and oxygen atoms in total. The highest BCUT2D eigenvalue weighted by Gasteiger charge is 2.35. The summed E-state index contributed by atoms with van der Waals surface area (Å²) in [5.41, 5.74) is 7.01. The molecule has 0 bridgehead atoms. The highest BCUT2D eigenvalue weighted by Crippen LogP contribution is 2.32. The Morgan fingerprint density at radius 3 is 2.89 bits per heavy atom. The van der Waals surface area contributed by atoms with Crippen molar-refractivity contribution < 1.29 is 0 Å². The van der Waals surface area contributed by atoms with Crippen molar-refractivity contribution >= 4 is 0 Å². The second-order valence-corrected chi connectivity index (χ2v) is 3.11. The van der Waals surface area contributed by atoms with E-state index in [0.29, 0.717) is 5.54 Å². The second kappa shape index (κ2) is 1.96. The highest BCUT2D eigenvalue weighted by atomic mass is 15.4. The molecule has 1 atom stereocenters. The summed E-state index contributed by atoms with van der Waals surface area (Å²) >= 11 is 0. The first-order valence-corrected chi connectivity index (χ1v) is 3.73. The van der Waals surface area contributed by atoms with Crippen LogP contribution in [0.15, 0.2) is 0 Å². The Balaban J connectivity index is 2.04. The normalized spacial score (nSPS) is 32.0. The third-order valence-corrected chi connectivity index (χ3v) is 2.44. The van der Waals surface area contributed by atoms with E-state index in [1.165, 1.54) is 25.7 Å². The Morgan fingerprint density at radius 1 is 1.33 bits per heavy atom. The van der Waals surface area contributed by atoms with Gasteiger partial charge in [-0.15, -0.1) is 0 Å². The van der Waals surface area contributed by atoms with Crippen molar-refractivity contribution in [1.29, 1.82) is 0 Å². The zero-order valence-electron chi connectivity index (χ0n) is 5.61. The summed E-state index contributed by atoms with van der Waals surface area (Å²) < 4.78 is 0. The molecule has 1 saturated heterocycles. The third kappa shape index (κ3) is 0.864. The fourth-order valence-electron chi connectivity index (χ4n) is 1.81. The summed E-state index contributed by atoms with van der Waals surface area (Å²) in [7, 11) is 0. The first-order valence-electron chi connectivity index (χ1n) is 3.73. The molecule has 1 unspecified atom stereocenters. The Kier molecular flexibility index (Phi) is 1.24. The lowest BCUT2D eigenvalue weighted by Crippen LogP contribution is -2.40. The van der Waals surface area contributed by atoms with Gasteiger partial charge in [-0.05, 0) is 32.1 Å². The molecule has 1 aliphatic heterocycles. The van der Waals surface area contributed by atoms with Crippen LogP contribution < -0.4 is 10.9 Å². The SMILES string of the molecule is [CH]1CCC2(C1)CCNN2. The van der Waals surface area contributed by atoms with Crippen molar-refractivity contribution in [3.63, 3.8) is 0 Å². The molecule has 51 valence electrons. The van der Waals surface area contributed by atoms with E-state index in [9.17, 15) is 0 Å². The van der Waals surface area contributed by atoms with Crippen molar-refractivity contribution in [2.45, 2.75) is 31.2 Å². The predicted molar refractivity (Wildman–Crippen MR) is 36.6 cm³/mol. The minimum absolute atomic E-state index is 0.472. The monoisotopic (exact) mass is 125 g/mol. The van der Waals surface area contributed by atoms with Gasteiger partial charge in [0.2, 0.25) is 0 Å². The highest BCUT2D eigenvalue weighted by molar-refractivity contribution is 5.01. The number of hydrazine groups is 1. The van der Waals surface area contributed by atoms with Gasteiger partial charge in [0.25, 0.3) is 0 Å². The molecular weight excluding hydrogens is 112 g/mol. The van der Waals surface area contributed by atoms with Gasteiger partial charge in [0.1, 0.15) is 0 Å². The molecule has 1 radical (unpaired) electrons. The fraction of sp³-hybridized carbons (Fsp3) is 0.857. The molecule has 0 aromatic carbocycles. The lowest BCUT2D eigenvalue weighted by atomic mass is 9.96. The van der Waals surface area contributed by atoms with Crippen LogP contribution >= 0.6 is 0 Å². The van der Waals surface area contributed by atoms with Crippen LogP contribution in [0.2, 0.25) is 0 Å². The van der Waals surface area contributed by atoms with Gasteiger partial charge in [0.15, 0.2) is 0 Å². The maximum Gasteiger partial charge on any atom is 0.0339 e. The van der Waals surface area contributed by atoms with E-state index < -0.39 is 0 Å². The first-order chi connectivity index (χ1) is 4.41. The summed E-state index contributed by atoms with van der Waals surface area (Å²) in [4.78, 5) is 0. The van der Waals surface area contributed by atoms with E-state index in [0.717, 1.165) is 6.54 Å². The lowest BCUT2D eigenvalue weighted by molar-refractivity contribution is 0.372. The van der Waals surface area contributed by atoms with Crippen molar-refractivity contribution in [1.82, 2.24) is 10.9 Å². The van der Waals surface area contributed by atoms with E-state index in [4.69, 9.17) is 0 Å². The number of nitrogens with one attached hydrogen (secondary N) is 2. The molecule has 2 aliphatic rings. The summed E-state index contributed by atoms with van der Waals surface area (Å²) in [5.74, 6) is 0. The van der Waals surface area contributed by atoms with E-state index in [1.54, 1.807) is 0 Å². The summed E-state index contributed by atoms with van der Waals surface area (Å²) in [6, 6.07) is 0. The van der Waals surface area contributed by atoms with E-state index in [2.05, 4.69) is 17.3 Å². The van der Waals surface area contributed by atoms with Crippen LogP contribution in [0, 0.1) is 6.42 Å². The Bertz CT molecular complexity index is 82.0. The summed E-state index contributed by atoms with van der Waals surface area (Å²) in [5, 5.41) is 0. The molecule has 1 heterocycles. The van der Waals surface area contributed by atoms with Crippen molar-refractivity contribution in [3.8, 4) is 0 Å². The van der Waals surface area contributed by atoms with Gasteiger partial charge in [-0.2, -0.15) is 0 Å². The molecule has 9 heavy (non-hydrogen) atoms. The number of hydrogen-bond donors (Lipinski definition) is 2. The van der Waals surface area contributed by atoms with Gasteiger partial charge in [-0.3, -0.25) is 10.9 Å². The first kappa shape index (κ1) is 5.69. The second-order valence-electron chi connectivity index (χ2n) is 3.11.